The second-order valence-corrected chi connectivity index (χ2v) is 7.38. The maximum absolute atomic E-state index is 12.4. The van der Waals surface area contributed by atoms with Crippen LogP contribution in [0.1, 0.15) is 18.9 Å². The molecule has 0 aromatic heterocycles. The molecular formula is C14H16F2N2O4S. The predicted molar refractivity (Wildman–Crippen MR) is 80.2 cm³/mol. The first-order chi connectivity index (χ1) is 10.8. The van der Waals surface area contributed by atoms with Crippen LogP contribution in [0.5, 0.6) is 5.75 Å². The number of carbonyl (C=O) groups is 1. The van der Waals surface area contributed by atoms with Crippen molar-refractivity contribution in [3.05, 3.63) is 29.8 Å². The molecule has 1 fully saturated rings. The summed E-state index contributed by atoms with van der Waals surface area (Å²) in [5, 5.41) is 3.85. The zero-order valence-electron chi connectivity index (χ0n) is 12.3. The van der Waals surface area contributed by atoms with Gasteiger partial charge in [0.25, 0.3) is 0 Å². The van der Waals surface area contributed by atoms with Crippen molar-refractivity contribution in [1.82, 2.24) is 5.43 Å². The molecule has 1 N–H and O–H groups in total. The number of sulfone groups is 1. The standard InChI is InChI=1S/C14H16F2N2O4S/c1-9(11-4-2-3-5-12(11)22-14(15)16)17-18-13(19)10-6-7-23(20,21)8-10/h2-5,10,14H,6-8H2,1H3,(H,18,19)/b17-9-/t10-/m1/s1. The minimum absolute atomic E-state index is 0.0150. The number of para-hydroxylation sites is 1. The maximum Gasteiger partial charge on any atom is 0.387 e. The van der Waals surface area contributed by atoms with Crippen molar-refractivity contribution in [2.75, 3.05) is 11.5 Å². The first-order valence-corrected chi connectivity index (χ1v) is 8.69. The number of hydrazone groups is 1. The van der Waals surface area contributed by atoms with Crippen LogP contribution in [0.3, 0.4) is 0 Å². The molecule has 1 aliphatic rings. The molecule has 1 amide bonds. The molecule has 2 rings (SSSR count). The summed E-state index contributed by atoms with van der Waals surface area (Å²) in [6.45, 7) is -1.44. The summed E-state index contributed by atoms with van der Waals surface area (Å²) < 4.78 is 51.8. The van der Waals surface area contributed by atoms with Crippen molar-refractivity contribution < 1.29 is 26.7 Å². The molecule has 0 spiro atoms. The van der Waals surface area contributed by atoms with E-state index in [9.17, 15) is 22.0 Å². The molecule has 0 aliphatic carbocycles. The summed E-state index contributed by atoms with van der Waals surface area (Å²) in [6.07, 6.45) is 0.258. The summed E-state index contributed by atoms with van der Waals surface area (Å²) in [7, 11) is -3.16. The van der Waals surface area contributed by atoms with Crippen molar-refractivity contribution in [3.8, 4) is 5.75 Å². The highest BCUT2D eigenvalue weighted by Crippen LogP contribution is 2.21. The lowest BCUT2D eigenvalue weighted by Crippen LogP contribution is -2.28. The molecule has 0 bridgehead atoms. The molecular weight excluding hydrogens is 330 g/mol. The zero-order valence-corrected chi connectivity index (χ0v) is 13.1. The van der Waals surface area contributed by atoms with Crippen molar-refractivity contribution in [2.24, 2.45) is 11.0 Å². The van der Waals surface area contributed by atoms with Gasteiger partial charge in [0.2, 0.25) is 5.91 Å². The molecule has 1 aliphatic heterocycles. The predicted octanol–water partition coefficient (Wildman–Crippen LogP) is 1.56. The second-order valence-electron chi connectivity index (χ2n) is 5.15. The van der Waals surface area contributed by atoms with E-state index in [1.165, 1.54) is 25.1 Å². The monoisotopic (exact) mass is 346 g/mol. The van der Waals surface area contributed by atoms with Crippen LogP contribution < -0.4 is 10.2 Å². The number of nitrogens with one attached hydrogen (secondary N) is 1. The van der Waals surface area contributed by atoms with Gasteiger partial charge in [-0.25, -0.2) is 13.8 Å². The van der Waals surface area contributed by atoms with Gasteiger partial charge in [-0.1, -0.05) is 12.1 Å². The number of rotatable bonds is 5. The number of nitrogens with zero attached hydrogens (tertiary/aromatic N) is 1. The summed E-state index contributed by atoms with van der Waals surface area (Å²) >= 11 is 0. The maximum atomic E-state index is 12.4. The van der Waals surface area contributed by atoms with Crippen LogP contribution in [0, 0.1) is 5.92 Å². The third-order valence-corrected chi connectivity index (χ3v) is 5.20. The van der Waals surface area contributed by atoms with Gasteiger partial charge in [0, 0.05) is 5.56 Å². The fraction of sp³-hybridized carbons (Fsp3) is 0.429. The Labute approximate surface area is 132 Å². The van der Waals surface area contributed by atoms with Gasteiger partial charge in [-0.05, 0) is 25.5 Å². The Kier molecular flexibility index (Phi) is 5.30. The van der Waals surface area contributed by atoms with Gasteiger partial charge in [-0.2, -0.15) is 13.9 Å². The number of ether oxygens (including phenoxy) is 1. The Morgan fingerprint density at radius 2 is 2.09 bits per heavy atom. The molecule has 23 heavy (non-hydrogen) atoms. The van der Waals surface area contributed by atoms with E-state index in [2.05, 4.69) is 15.3 Å². The summed E-state index contributed by atoms with van der Waals surface area (Å²) in [5.41, 5.74) is 2.87. The van der Waals surface area contributed by atoms with Gasteiger partial charge in [0.05, 0.1) is 23.1 Å². The molecule has 0 saturated carbocycles. The van der Waals surface area contributed by atoms with E-state index in [1.807, 2.05) is 0 Å². The van der Waals surface area contributed by atoms with Crippen LogP contribution in [0.2, 0.25) is 0 Å². The van der Waals surface area contributed by atoms with E-state index in [0.29, 0.717) is 5.56 Å². The molecule has 1 aromatic rings. The van der Waals surface area contributed by atoms with Crippen LogP contribution in [0.4, 0.5) is 8.78 Å². The van der Waals surface area contributed by atoms with Crippen molar-refractivity contribution in [1.29, 1.82) is 0 Å². The SMILES string of the molecule is C/C(=N/NC(=O)[C@@H]1CCS(=O)(=O)C1)c1ccccc1OC(F)F. The number of hydrogen-bond acceptors (Lipinski definition) is 5. The van der Waals surface area contributed by atoms with Crippen molar-refractivity contribution in [2.45, 2.75) is 20.0 Å². The summed E-state index contributed by atoms with van der Waals surface area (Å²) in [6, 6.07) is 6.06. The smallest absolute Gasteiger partial charge is 0.387 e. The van der Waals surface area contributed by atoms with Crippen LogP contribution in [-0.4, -0.2) is 38.2 Å². The van der Waals surface area contributed by atoms with E-state index in [0.717, 1.165) is 0 Å². The number of hydrogen-bond donors (Lipinski definition) is 1. The van der Waals surface area contributed by atoms with E-state index in [-0.39, 0.29) is 29.4 Å². The van der Waals surface area contributed by atoms with E-state index in [1.54, 1.807) is 6.07 Å². The highest BCUT2D eigenvalue weighted by molar-refractivity contribution is 7.91. The third kappa shape index (κ3) is 4.72. The minimum atomic E-state index is -3.16. The minimum Gasteiger partial charge on any atom is -0.434 e. The van der Waals surface area contributed by atoms with Gasteiger partial charge < -0.3 is 4.74 Å². The van der Waals surface area contributed by atoms with Crippen LogP contribution >= 0.6 is 0 Å². The van der Waals surface area contributed by atoms with Gasteiger partial charge >= 0.3 is 6.61 Å². The lowest BCUT2D eigenvalue weighted by atomic mass is 10.1. The molecule has 9 heteroatoms. The Morgan fingerprint density at radius 1 is 1.39 bits per heavy atom. The molecule has 1 aromatic carbocycles. The van der Waals surface area contributed by atoms with Crippen LogP contribution in [0.25, 0.3) is 0 Å². The van der Waals surface area contributed by atoms with Gasteiger partial charge in [-0.15, -0.1) is 0 Å². The fourth-order valence-electron chi connectivity index (χ4n) is 2.26. The highest BCUT2D eigenvalue weighted by Gasteiger charge is 2.32. The molecule has 1 heterocycles. The Bertz CT molecular complexity index is 719. The first kappa shape index (κ1) is 17.3. The van der Waals surface area contributed by atoms with E-state index in [4.69, 9.17) is 0 Å². The first-order valence-electron chi connectivity index (χ1n) is 6.87. The van der Waals surface area contributed by atoms with Crippen molar-refractivity contribution >= 4 is 21.5 Å². The quantitative estimate of drug-likeness (QED) is 0.648. The Balaban J connectivity index is 2.07. The number of amides is 1. The van der Waals surface area contributed by atoms with Crippen LogP contribution in [-0.2, 0) is 14.6 Å². The third-order valence-electron chi connectivity index (χ3n) is 3.43. The molecule has 0 radical (unpaired) electrons. The van der Waals surface area contributed by atoms with Crippen LogP contribution in [0.15, 0.2) is 29.4 Å². The number of benzene rings is 1. The number of alkyl halides is 2. The number of carbonyl (C=O) groups excluding carboxylic acids is 1. The summed E-state index contributed by atoms with van der Waals surface area (Å²) in [4.78, 5) is 11.9. The molecule has 0 unspecified atom stereocenters. The lowest BCUT2D eigenvalue weighted by Gasteiger charge is -2.11. The van der Waals surface area contributed by atoms with Gasteiger partial charge in [0.15, 0.2) is 9.84 Å². The average Bonchev–Trinajstić information content (AvgIpc) is 2.84. The molecule has 1 atom stereocenters. The molecule has 1 saturated heterocycles. The largest absolute Gasteiger partial charge is 0.434 e. The highest BCUT2D eigenvalue weighted by atomic mass is 32.2. The summed E-state index contributed by atoms with van der Waals surface area (Å²) in [5.74, 6) is -1.40. The zero-order chi connectivity index (χ0) is 17.0. The van der Waals surface area contributed by atoms with E-state index < -0.39 is 28.3 Å². The molecule has 126 valence electrons. The molecule has 6 nitrogen and oxygen atoms in total. The van der Waals surface area contributed by atoms with Gasteiger partial charge in [-0.3, -0.25) is 4.79 Å². The topological polar surface area (TPSA) is 84.8 Å². The van der Waals surface area contributed by atoms with Gasteiger partial charge in [0.1, 0.15) is 5.75 Å². The van der Waals surface area contributed by atoms with Crippen molar-refractivity contribution in [3.63, 3.8) is 0 Å². The normalized spacial score (nSPS) is 20.5. The lowest BCUT2D eigenvalue weighted by molar-refractivity contribution is -0.124. The van der Waals surface area contributed by atoms with E-state index >= 15 is 0 Å². The average molecular weight is 346 g/mol. The fourth-order valence-corrected chi connectivity index (χ4v) is 4.00. The Hall–Kier alpha value is -2.03. The Morgan fingerprint density at radius 3 is 2.70 bits per heavy atom. The number of halogens is 2. The second kappa shape index (κ2) is 7.03.